The van der Waals surface area contributed by atoms with Crippen LogP contribution >= 0.6 is 15.9 Å². The third-order valence-corrected chi connectivity index (χ3v) is 2.87. The van der Waals surface area contributed by atoms with Gasteiger partial charge in [-0.25, -0.2) is 4.79 Å². The van der Waals surface area contributed by atoms with Crippen LogP contribution in [0, 0.1) is 0 Å². The number of carboxylic acid groups (broad SMARTS) is 1. The summed E-state index contributed by atoms with van der Waals surface area (Å²) in [7, 11) is 0. The topological polar surface area (TPSA) is 59.4 Å². The molecule has 1 heterocycles. The first-order chi connectivity index (χ1) is 9.15. The van der Waals surface area contributed by atoms with Gasteiger partial charge in [0, 0.05) is 12.3 Å². The number of hydrogen-bond donors (Lipinski definition) is 1. The van der Waals surface area contributed by atoms with Gasteiger partial charge >= 0.3 is 5.97 Å². The summed E-state index contributed by atoms with van der Waals surface area (Å²) in [4.78, 5) is 14.5. The molecule has 1 N–H and O–H groups in total. The third-order valence-electron chi connectivity index (χ3n) is 2.22. The molecule has 0 bridgehead atoms. The first-order valence-electron chi connectivity index (χ1n) is 5.43. The number of carbonyl (C=O) groups is 1. The number of hydrogen-bond acceptors (Lipinski definition) is 3. The lowest BCUT2D eigenvalue weighted by atomic mass is 10.2. The van der Waals surface area contributed by atoms with E-state index >= 15 is 0 Å². The van der Waals surface area contributed by atoms with Crippen molar-refractivity contribution in [2.24, 2.45) is 0 Å². The van der Waals surface area contributed by atoms with Crippen LogP contribution in [-0.2, 0) is 4.79 Å². The summed E-state index contributed by atoms with van der Waals surface area (Å²) in [5.41, 5.74) is 0.659. The zero-order chi connectivity index (χ0) is 13.7. The van der Waals surface area contributed by atoms with E-state index in [1.54, 1.807) is 18.5 Å². The molecule has 2 rings (SSSR count). The Kier molecular flexibility index (Phi) is 4.30. The highest BCUT2D eigenvalue weighted by molar-refractivity contribution is 9.10. The molecule has 0 aliphatic rings. The van der Waals surface area contributed by atoms with Gasteiger partial charge in [0.05, 0.1) is 10.7 Å². The summed E-state index contributed by atoms with van der Waals surface area (Å²) in [5.74, 6) is 0.209. The number of halogens is 1. The van der Waals surface area contributed by atoms with Crippen molar-refractivity contribution in [3.8, 4) is 11.5 Å². The van der Waals surface area contributed by atoms with Gasteiger partial charge in [-0.15, -0.1) is 0 Å². The molecule has 19 heavy (non-hydrogen) atoms. The molecular formula is C14H10BrNO3. The van der Waals surface area contributed by atoms with Gasteiger partial charge in [-0.3, -0.25) is 4.98 Å². The molecule has 5 heteroatoms. The lowest BCUT2D eigenvalue weighted by Gasteiger charge is -2.07. The van der Waals surface area contributed by atoms with Crippen molar-refractivity contribution in [1.29, 1.82) is 0 Å². The fourth-order valence-electron chi connectivity index (χ4n) is 1.40. The van der Waals surface area contributed by atoms with E-state index < -0.39 is 5.97 Å². The Balaban J connectivity index is 2.20. The number of aliphatic carboxylic acids is 1. The predicted molar refractivity (Wildman–Crippen MR) is 75.1 cm³/mol. The van der Waals surface area contributed by atoms with E-state index in [2.05, 4.69) is 20.9 Å². The van der Waals surface area contributed by atoms with Crippen LogP contribution in [0.4, 0.5) is 0 Å². The normalized spacial score (nSPS) is 10.6. The van der Waals surface area contributed by atoms with E-state index in [0.29, 0.717) is 17.1 Å². The Hall–Kier alpha value is -2.14. The van der Waals surface area contributed by atoms with Gasteiger partial charge in [-0.2, -0.15) is 0 Å². The van der Waals surface area contributed by atoms with E-state index in [1.807, 2.05) is 24.3 Å². The number of aromatic nitrogens is 1. The summed E-state index contributed by atoms with van der Waals surface area (Å²) in [6.07, 6.45) is 5.64. The number of para-hydroxylation sites is 1. The van der Waals surface area contributed by atoms with Crippen molar-refractivity contribution in [3.05, 3.63) is 58.8 Å². The molecule has 0 atom stereocenters. The monoisotopic (exact) mass is 319 g/mol. The molecular weight excluding hydrogens is 310 g/mol. The summed E-state index contributed by atoms with van der Waals surface area (Å²) in [5, 5.41) is 8.57. The second kappa shape index (κ2) is 6.15. The van der Waals surface area contributed by atoms with Gasteiger partial charge < -0.3 is 9.84 Å². The standard InChI is InChI=1S/C14H10BrNO3/c15-12-3-1-2-4-13(12)19-11-7-10(8-16-9-11)5-6-14(17)18/h1-9H,(H,17,18)/b6-5+. The molecule has 96 valence electrons. The molecule has 0 saturated carbocycles. The summed E-state index contributed by atoms with van der Waals surface area (Å²) in [6, 6.07) is 9.16. The average Bonchev–Trinajstić information content (AvgIpc) is 2.40. The molecule has 0 saturated heterocycles. The van der Waals surface area contributed by atoms with E-state index in [9.17, 15) is 4.79 Å². The van der Waals surface area contributed by atoms with E-state index in [1.165, 1.54) is 6.08 Å². The maximum Gasteiger partial charge on any atom is 0.328 e. The zero-order valence-electron chi connectivity index (χ0n) is 9.79. The van der Waals surface area contributed by atoms with Gasteiger partial charge in [-0.05, 0) is 45.8 Å². The predicted octanol–water partition coefficient (Wildman–Crippen LogP) is 3.73. The lowest BCUT2D eigenvalue weighted by molar-refractivity contribution is -0.131. The van der Waals surface area contributed by atoms with Gasteiger partial charge in [0.2, 0.25) is 0 Å². The minimum absolute atomic E-state index is 0.541. The van der Waals surface area contributed by atoms with Crippen molar-refractivity contribution in [1.82, 2.24) is 4.98 Å². The Morgan fingerprint density at radius 3 is 2.84 bits per heavy atom. The minimum Gasteiger partial charge on any atom is -0.478 e. The van der Waals surface area contributed by atoms with Crippen LogP contribution in [0.25, 0.3) is 6.08 Å². The summed E-state index contributed by atoms with van der Waals surface area (Å²) >= 11 is 3.38. The minimum atomic E-state index is -1.00. The van der Waals surface area contributed by atoms with Crippen LogP contribution in [0.5, 0.6) is 11.5 Å². The van der Waals surface area contributed by atoms with Crippen molar-refractivity contribution < 1.29 is 14.6 Å². The van der Waals surface area contributed by atoms with E-state index in [0.717, 1.165) is 10.5 Å². The molecule has 0 amide bonds. The smallest absolute Gasteiger partial charge is 0.328 e. The summed E-state index contributed by atoms with van der Waals surface area (Å²) in [6.45, 7) is 0. The van der Waals surface area contributed by atoms with Crippen molar-refractivity contribution in [2.75, 3.05) is 0 Å². The van der Waals surface area contributed by atoms with Crippen LogP contribution < -0.4 is 4.74 Å². The highest BCUT2D eigenvalue weighted by atomic mass is 79.9. The van der Waals surface area contributed by atoms with Crippen LogP contribution in [0.2, 0.25) is 0 Å². The number of carboxylic acids is 1. The fourth-order valence-corrected chi connectivity index (χ4v) is 1.77. The zero-order valence-corrected chi connectivity index (χ0v) is 11.4. The Labute approximate surface area is 118 Å². The quantitative estimate of drug-likeness (QED) is 0.872. The second-order valence-corrected chi connectivity index (χ2v) is 4.51. The lowest BCUT2D eigenvalue weighted by Crippen LogP contribution is -1.89. The molecule has 4 nitrogen and oxygen atoms in total. The van der Waals surface area contributed by atoms with E-state index in [4.69, 9.17) is 9.84 Å². The van der Waals surface area contributed by atoms with Gasteiger partial charge in [-0.1, -0.05) is 12.1 Å². The van der Waals surface area contributed by atoms with Crippen LogP contribution in [0.3, 0.4) is 0 Å². The number of nitrogens with zero attached hydrogens (tertiary/aromatic N) is 1. The van der Waals surface area contributed by atoms with Crippen molar-refractivity contribution >= 4 is 28.0 Å². The van der Waals surface area contributed by atoms with Crippen LogP contribution in [0.1, 0.15) is 5.56 Å². The highest BCUT2D eigenvalue weighted by Crippen LogP contribution is 2.29. The number of rotatable bonds is 4. The number of ether oxygens (including phenoxy) is 1. The molecule has 1 aromatic heterocycles. The molecule has 0 aliphatic heterocycles. The average molecular weight is 320 g/mol. The molecule has 2 aromatic rings. The molecule has 0 aliphatic carbocycles. The van der Waals surface area contributed by atoms with Crippen LogP contribution in [0.15, 0.2) is 53.3 Å². The third kappa shape index (κ3) is 3.93. The molecule has 1 aromatic carbocycles. The van der Waals surface area contributed by atoms with Crippen molar-refractivity contribution in [3.63, 3.8) is 0 Å². The largest absolute Gasteiger partial charge is 0.478 e. The number of benzene rings is 1. The molecule has 0 fully saturated rings. The fraction of sp³-hybridized carbons (Fsp3) is 0. The second-order valence-electron chi connectivity index (χ2n) is 3.66. The summed E-state index contributed by atoms with van der Waals surface area (Å²) < 4.78 is 6.50. The molecule has 0 unspecified atom stereocenters. The maximum atomic E-state index is 10.4. The van der Waals surface area contributed by atoms with Gasteiger partial charge in [0.25, 0.3) is 0 Å². The Morgan fingerprint density at radius 1 is 1.32 bits per heavy atom. The number of pyridine rings is 1. The Bertz CT molecular complexity index is 626. The molecule has 0 spiro atoms. The van der Waals surface area contributed by atoms with E-state index in [-0.39, 0.29) is 0 Å². The van der Waals surface area contributed by atoms with Gasteiger partial charge in [0.1, 0.15) is 11.5 Å². The SMILES string of the molecule is O=C(O)/C=C/c1cncc(Oc2ccccc2Br)c1. The van der Waals surface area contributed by atoms with Crippen molar-refractivity contribution in [2.45, 2.75) is 0 Å². The molecule has 0 radical (unpaired) electrons. The maximum absolute atomic E-state index is 10.4. The first-order valence-corrected chi connectivity index (χ1v) is 6.23. The van der Waals surface area contributed by atoms with Gasteiger partial charge in [0.15, 0.2) is 0 Å². The highest BCUT2D eigenvalue weighted by Gasteiger charge is 2.02. The first kappa shape index (κ1) is 13.3. The Morgan fingerprint density at radius 2 is 2.11 bits per heavy atom. The van der Waals surface area contributed by atoms with Crippen LogP contribution in [-0.4, -0.2) is 16.1 Å².